The zero-order valence-corrected chi connectivity index (χ0v) is 12.0. The van der Waals surface area contributed by atoms with Crippen LogP contribution in [0.4, 0.5) is 0 Å². The van der Waals surface area contributed by atoms with Gasteiger partial charge >= 0.3 is 0 Å². The number of rotatable bonds is 2. The molecule has 0 aliphatic carbocycles. The monoisotopic (exact) mass is 287 g/mol. The SMILES string of the molecule is Cc1cnc(-n2cc(-c3ccnnc3)cn2)c2ccccc12. The topological polar surface area (TPSA) is 56.5 Å². The van der Waals surface area contributed by atoms with Gasteiger partial charge in [-0.25, -0.2) is 9.67 Å². The molecule has 0 aliphatic rings. The van der Waals surface area contributed by atoms with E-state index in [1.165, 1.54) is 5.39 Å². The molecule has 0 radical (unpaired) electrons. The highest BCUT2D eigenvalue weighted by atomic mass is 15.3. The fourth-order valence-electron chi connectivity index (χ4n) is 2.55. The van der Waals surface area contributed by atoms with Crippen LogP contribution in [0.1, 0.15) is 5.56 Å². The summed E-state index contributed by atoms with van der Waals surface area (Å²) in [6.07, 6.45) is 9.05. The van der Waals surface area contributed by atoms with E-state index in [0.29, 0.717) is 0 Å². The number of aromatic nitrogens is 5. The van der Waals surface area contributed by atoms with E-state index in [1.807, 2.05) is 36.8 Å². The number of hydrogen-bond donors (Lipinski definition) is 0. The van der Waals surface area contributed by atoms with Gasteiger partial charge in [0.1, 0.15) is 0 Å². The lowest BCUT2D eigenvalue weighted by Gasteiger charge is -2.07. The summed E-state index contributed by atoms with van der Waals surface area (Å²) in [5.41, 5.74) is 3.13. The maximum Gasteiger partial charge on any atom is 0.161 e. The Bertz CT molecular complexity index is 944. The number of hydrogen-bond acceptors (Lipinski definition) is 4. The molecule has 0 aliphatic heterocycles. The van der Waals surface area contributed by atoms with Crippen molar-refractivity contribution in [2.75, 3.05) is 0 Å². The van der Waals surface area contributed by atoms with Crippen LogP contribution in [0.15, 0.2) is 61.3 Å². The van der Waals surface area contributed by atoms with Crippen LogP contribution in [0, 0.1) is 6.92 Å². The molecule has 4 rings (SSSR count). The van der Waals surface area contributed by atoms with E-state index in [2.05, 4.69) is 39.3 Å². The summed E-state index contributed by atoms with van der Waals surface area (Å²) in [4.78, 5) is 4.56. The molecule has 22 heavy (non-hydrogen) atoms. The third kappa shape index (κ3) is 2.03. The number of benzene rings is 1. The smallest absolute Gasteiger partial charge is 0.161 e. The molecule has 0 amide bonds. The van der Waals surface area contributed by atoms with Crippen LogP contribution < -0.4 is 0 Å². The van der Waals surface area contributed by atoms with E-state index in [9.17, 15) is 0 Å². The average Bonchev–Trinajstić information content (AvgIpc) is 3.06. The summed E-state index contributed by atoms with van der Waals surface area (Å²) in [5.74, 6) is 0.828. The van der Waals surface area contributed by atoms with E-state index in [4.69, 9.17) is 0 Å². The average molecular weight is 287 g/mol. The first-order valence-corrected chi connectivity index (χ1v) is 6.99. The second-order valence-corrected chi connectivity index (χ2v) is 5.12. The molecule has 3 aromatic heterocycles. The van der Waals surface area contributed by atoms with E-state index < -0.39 is 0 Å². The van der Waals surface area contributed by atoms with Gasteiger partial charge in [0, 0.05) is 28.9 Å². The summed E-state index contributed by atoms with van der Waals surface area (Å²) in [6.45, 7) is 2.07. The first kappa shape index (κ1) is 12.6. The highest BCUT2D eigenvalue weighted by molar-refractivity contribution is 5.90. The summed E-state index contributed by atoms with van der Waals surface area (Å²) in [6, 6.07) is 10.1. The Morgan fingerprint density at radius 1 is 0.864 bits per heavy atom. The van der Waals surface area contributed by atoms with Gasteiger partial charge in [0.05, 0.1) is 18.6 Å². The van der Waals surface area contributed by atoms with Gasteiger partial charge in [-0.3, -0.25) is 0 Å². The maximum atomic E-state index is 4.56. The standard InChI is InChI=1S/C17H13N5/c1-12-8-18-17(16-5-3-2-4-15(12)16)22-11-14(10-21-22)13-6-7-19-20-9-13/h2-11H,1H3. The lowest BCUT2D eigenvalue weighted by Crippen LogP contribution is -1.99. The Kier molecular flexibility index (Phi) is 2.89. The van der Waals surface area contributed by atoms with Crippen LogP contribution in [-0.4, -0.2) is 25.0 Å². The predicted octanol–water partition coefficient (Wildman–Crippen LogP) is 3.19. The summed E-state index contributed by atoms with van der Waals surface area (Å²) < 4.78 is 1.80. The van der Waals surface area contributed by atoms with Crippen molar-refractivity contribution in [2.24, 2.45) is 0 Å². The van der Waals surface area contributed by atoms with Crippen molar-refractivity contribution in [3.8, 4) is 16.9 Å². The minimum atomic E-state index is 0.828. The lowest BCUT2D eigenvalue weighted by molar-refractivity contribution is 0.855. The summed E-state index contributed by atoms with van der Waals surface area (Å²) in [5, 5.41) is 14.4. The van der Waals surface area contributed by atoms with Gasteiger partial charge in [-0.05, 0) is 23.9 Å². The molecule has 0 unspecified atom stereocenters. The first-order valence-electron chi connectivity index (χ1n) is 6.99. The van der Waals surface area contributed by atoms with E-state index >= 15 is 0 Å². The molecule has 0 N–H and O–H groups in total. The predicted molar refractivity (Wildman–Crippen MR) is 84.6 cm³/mol. The van der Waals surface area contributed by atoms with E-state index in [0.717, 1.165) is 27.9 Å². The van der Waals surface area contributed by atoms with Gasteiger partial charge in [-0.15, -0.1) is 0 Å². The van der Waals surface area contributed by atoms with Crippen molar-refractivity contribution in [1.82, 2.24) is 25.0 Å². The third-order valence-electron chi connectivity index (χ3n) is 3.69. The van der Waals surface area contributed by atoms with Crippen molar-refractivity contribution >= 4 is 10.8 Å². The van der Waals surface area contributed by atoms with E-state index in [-0.39, 0.29) is 0 Å². The molecular formula is C17H13N5. The van der Waals surface area contributed by atoms with Crippen molar-refractivity contribution in [2.45, 2.75) is 6.92 Å². The molecule has 4 aromatic rings. The first-order chi connectivity index (χ1) is 10.8. The second-order valence-electron chi connectivity index (χ2n) is 5.12. The number of aryl methyl sites for hydroxylation is 1. The Morgan fingerprint density at radius 3 is 2.55 bits per heavy atom. The third-order valence-corrected chi connectivity index (χ3v) is 3.69. The molecule has 3 heterocycles. The van der Waals surface area contributed by atoms with E-state index in [1.54, 1.807) is 17.1 Å². The molecule has 1 aromatic carbocycles. The van der Waals surface area contributed by atoms with Crippen molar-refractivity contribution in [3.05, 3.63) is 66.9 Å². The molecule has 106 valence electrons. The van der Waals surface area contributed by atoms with Crippen LogP contribution in [0.25, 0.3) is 27.7 Å². The zero-order chi connectivity index (χ0) is 14.9. The zero-order valence-electron chi connectivity index (χ0n) is 12.0. The molecule has 0 atom stereocenters. The number of nitrogens with zero attached hydrogens (tertiary/aromatic N) is 5. The molecule has 0 bridgehead atoms. The van der Waals surface area contributed by atoms with Crippen LogP contribution in [-0.2, 0) is 0 Å². The summed E-state index contributed by atoms with van der Waals surface area (Å²) >= 11 is 0. The Hall–Kier alpha value is -3.08. The van der Waals surface area contributed by atoms with Gasteiger partial charge in [0.2, 0.25) is 0 Å². The minimum absolute atomic E-state index is 0.828. The van der Waals surface area contributed by atoms with Crippen molar-refractivity contribution in [1.29, 1.82) is 0 Å². The van der Waals surface area contributed by atoms with Gasteiger partial charge in [-0.1, -0.05) is 24.3 Å². The van der Waals surface area contributed by atoms with Gasteiger partial charge in [-0.2, -0.15) is 15.3 Å². The Labute approximate surface area is 127 Å². The fraction of sp³-hybridized carbons (Fsp3) is 0.0588. The van der Waals surface area contributed by atoms with Crippen molar-refractivity contribution in [3.63, 3.8) is 0 Å². The number of pyridine rings is 1. The van der Waals surface area contributed by atoms with Gasteiger partial charge in [0.15, 0.2) is 5.82 Å². The lowest BCUT2D eigenvalue weighted by atomic mass is 10.1. The summed E-state index contributed by atoms with van der Waals surface area (Å²) in [7, 11) is 0. The normalized spacial score (nSPS) is 11.0. The second kappa shape index (κ2) is 5.04. The highest BCUT2D eigenvalue weighted by Crippen LogP contribution is 2.24. The van der Waals surface area contributed by atoms with Crippen LogP contribution >= 0.6 is 0 Å². The molecule has 5 heteroatoms. The molecule has 0 saturated carbocycles. The Morgan fingerprint density at radius 2 is 1.73 bits per heavy atom. The van der Waals surface area contributed by atoms with Gasteiger partial charge in [0.25, 0.3) is 0 Å². The van der Waals surface area contributed by atoms with Crippen molar-refractivity contribution < 1.29 is 0 Å². The molecule has 5 nitrogen and oxygen atoms in total. The van der Waals surface area contributed by atoms with Crippen LogP contribution in [0.5, 0.6) is 0 Å². The highest BCUT2D eigenvalue weighted by Gasteiger charge is 2.09. The Balaban J connectivity index is 1.87. The quantitative estimate of drug-likeness (QED) is 0.568. The molecule has 0 saturated heterocycles. The van der Waals surface area contributed by atoms with Gasteiger partial charge < -0.3 is 0 Å². The molecular weight excluding hydrogens is 274 g/mol. The number of fused-ring (bicyclic) bond motifs is 1. The fourth-order valence-corrected chi connectivity index (χ4v) is 2.55. The molecule has 0 spiro atoms. The van der Waals surface area contributed by atoms with Crippen LogP contribution in [0.2, 0.25) is 0 Å². The maximum absolute atomic E-state index is 4.56. The minimum Gasteiger partial charge on any atom is -0.236 e. The van der Waals surface area contributed by atoms with Crippen LogP contribution in [0.3, 0.4) is 0 Å². The molecule has 0 fully saturated rings. The largest absolute Gasteiger partial charge is 0.236 e.